The van der Waals surface area contributed by atoms with E-state index in [1.807, 2.05) is 26.2 Å². The van der Waals surface area contributed by atoms with Crippen LogP contribution in [-0.4, -0.2) is 21.3 Å². The average molecular weight is 239 g/mol. The summed E-state index contributed by atoms with van der Waals surface area (Å²) in [5.41, 5.74) is 7.25. The first-order valence-corrected chi connectivity index (χ1v) is 6.39. The molecule has 0 amide bonds. The summed E-state index contributed by atoms with van der Waals surface area (Å²) in [6, 6.07) is 0.120. The third-order valence-corrected chi connectivity index (χ3v) is 4.13. The van der Waals surface area contributed by atoms with Crippen LogP contribution in [0.3, 0.4) is 0 Å². The van der Waals surface area contributed by atoms with E-state index in [-0.39, 0.29) is 11.5 Å². The third kappa shape index (κ3) is 3.76. The van der Waals surface area contributed by atoms with Gasteiger partial charge in [-0.05, 0) is 24.8 Å². The van der Waals surface area contributed by atoms with E-state index in [9.17, 15) is 0 Å². The van der Waals surface area contributed by atoms with E-state index < -0.39 is 0 Å². The predicted molar refractivity (Wildman–Crippen MR) is 69.5 cm³/mol. The van der Waals surface area contributed by atoms with Crippen molar-refractivity contribution in [2.24, 2.45) is 11.1 Å². The Morgan fingerprint density at radius 3 is 2.12 bits per heavy atom. The normalized spacial score (nSPS) is 15.9. The number of aryl methyl sites for hydroxylation is 1. The zero-order valence-corrected chi connectivity index (χ0v) is 11.5. The monoisotopic (exact) mass is 239 g/mol. The first kappa shape index (κ1) is 13.5. The number of nitrogens with zero attached hydrogens (tertiary/aromatic N) is 2. The maximum atomic E-state index is 6.02. The lowest BCUT2D eigenvalue weighted by molar-refractivity contribution is 0.363. The van der Waals surface area contributed by atoms with Crippen LogP contribution in [-0.2, 0) is 0 Å². The molecule has 1 rings (SSSR count). The van der Waals surface area contributed by atoms with E-state index in [0.29, 0.717) is 5.25 Å². The molecule has 0 bridgehead atoms. The van der Waals surface area contributed by atoms with Gasteiger partial charge in [-0.2, -0.15) is 0 Å². The standard InChI is InChI=1S/C12H21N3S/c1-8-6-14-11(15-7-8)16-10(9(2)13)12(3,4)5/h6-7,9-10H,13H2,1-5H3. The van der Waals surface area contributed by atoms with Crippen molar-refractivity contribution in [1.82, 2.24) is 9.97 Å². The van der Waals surface area contributed by atoms with Gasteiger partial charge in [-0.15, -0.1) is 0 Å². The van der Waals surface area contributed by atoms with Gasteiger partial charge in [-0.3, -0.25) is 0 Å². The van der Waals surface area contributed by atoms with Crippen molar-refractivity contribution in [1.29, 1.82) is 0 Å². The van der Waals surface area contributed by atoms with Crippen LogP contribution in [0.1, 0.15) is 33.3 Å². The summed E-state index contributed by atoms with van der Waals surface area (Å²) < 4.78 is 0. The largest absolute Gasteiger partial charge is 0.327 e. The summed E-state index contributed by atoms with van der Waals surface area (Å²) in [6.07, 6.45) is 3.69. The minimum absolute atomic E-state index is 0.120. The molecule has 0 radical (unpaired) electrons. The molecule has 0 aliphatic rings. The highest BCUT2D eigenvalue weighted by molar-refractivity contribution is 7.99. The van der Waals surface area contributed by atoms with Crippen LogP contribution >= 0.6 is 11.8 Å². The van der Waals surface area contributed by atoms with E-state index in [1.165, 1.54) is 0 Å². The molecule has 0 saturated carbocycles. The van der Waals surface area contributed by atoms with Crippen molar-refractivity contribution in [3.63, 3.8) is 0 Å². The van der Waals surface area contributed by atoms with E-state index in [4.69, 9.17) is 5.73 Å². The van der Waals surface area contributed by atoms with Crippen LogP contribution in [0.2, 0.25) is 0 Å². The van der Waals surface area contributed by atoms with E-state index in [0.717, 1.165) is 10.7 Å². The molecule has 0 spiro atoms. The molecule has 0 aliphatic carbocycles. The van der Waals surface area contributed by atoms with Gasteiger partial charge in [-0.25, -0.2) is 9.97 Å². The lowest BCUT2D eigenvalue weighted by Crippen LogP contribution is -2.39. The second-order valence-corrected chi connectivity index (χ2v) is 6.42. The molecular weight excluding hydrogens is 218 g/mol. The Kier molecular flexibility index (Phi) is 4.33. The molecule has 4 heteroatoms. The average Bonchev–Trinajstić information content (AvgIpc) is 2.14. The Morgan fingerprint density at radius 1 is 1.25 bits per heavy atom. The van der Waals surface area contributed by atoms with Crippen molar-refractivity contribution < 1.29 is 0 Å². The topological polar surface area (TPSA) is 51.8 Å². The molecule has 1 heterocycles. The molecule has 0 fully saturated rings. The summed E-state index contributed by atoms with van der Waals surface area (Å²) >= 11 is 1.67. The number of nitrogens with two attached hydrogens (primary N) is 1. The van der Waals surface area contributed by atoms with Gasteiger partial charge in [0.25, 0.3) is 0 Å². The Morgan fingerprint density at radius 2 is 1.75 bits per heavy atom. The number of hydrogen-bond donors (Lipinski definition) is 1. The van der Waals surface area contributed by atoms with Crippen LogP contribution in [0.25, 0.3) is 0 Å². The van der Waals surface area contributed by atoms with Crippen LogP contribution in [0, 0.1) is 12.3 Å². The number of aromatic nitrogens is 2. The Hall–Kier alpha value is -0.610. The lowest BCUT2D eigenvalue weighted by Gasteiger charge is -2.32. The Labute approximate surface area is 102 Å². The third-order valence-electron chi connectivity index (χ3n) is 2.32. The van der Waals surface area contributed by atoms with Crippen molar-refractivity contribution in [3.8, 4) is 0 Å². The molecule has 90 valence electrons. The maximum absolute atomic E-state index is 6.02. The van der Waals surface area contributed by atoms with Gasteiger partial charge < -0.3 is 5.73 Å². The van der Waals surface area contributed by atoms with Crippen molar-refractivity contribution in [2.75, 3.05) is 0 Å². The summed E-state index contributed by atoms with van der Waals surface area (Å²) in [6.45, 7) is 10.6. The molecular formula is C12H21N3S. The molecule has 2 N–H and O–H groups in total. The quantitative estimate of drug-likeness (QED) is 0.651. The highest BCUT2D eigenvalue weighted by Crippen LogP contribution is 2.35. The number of thioether (sulfide) groups is 1. The lowest BCUT2D eigenvalue weighted by atomic mass is 9.88. The summed E-state index contributed by atoms with van der Waals surface area (Å²) in [7, 11) is 0. The second-order valence-electron chi connectivity index (χ2n) is 5.31. The molecule has 2 unspecified atom stereocenters. The van der Waals surface area contributed by atoms with Gasteiger partial charge in [0.1, 0.15) is 0 Å². The van der Waals surface area contributed by atoms with E-state index in [1.54, 1.807) is 11.8 Å². The second kappa shape index (κ2) is 5.15. The minimum Gasteiger partial charge on any atom is -0.327 e. The first-order valence-electron chi connectivity index (χ1n) is 5.51. The zero-order valence-electron chi connectivity index (χ0n) is 10.7. The summed E-state index contributed by atoms with van der Waals surface area (Å²) in [5, 5.41) is 1.12. The molecule has 0 saturated heterocycles. The molecule has 1 aromatic rings. The fraction of sp³-hybridized carbons (Fsp3) is 0.667. The van der Waals surface area contributed by atoms with Gasteiger partial charge in [0.05, 0.1) is 0 Å². The smallest absolute Gasteiger partial charge is 0.187 e. The SMILES string of the molecule is Cc1cnc(SC(C(C)N)C(C)(C)C)nc1. The highest BCUT2D eigenvalue weighted by atomic mass is 32.2. The van der Waals surface area contributed by atoms with Crippen LogP contribution in [0.4, 0.5) is 0 Å². The maximum Gasteiger partial charge on any atom is 0.187 e. The van der Waals surface area contributed by atoms with Gasteiger partial charge in [0.2, 0.25) is 0 Å². The fourth-order valence-electron chi connectivity index (χ4n) is 1.63. The highest BCUT2D eigenvalue weighted by Gasteiger charge is 2.29. The van der Waals surface area contributed by atoms with Crippen molar-refractivity contribution in [3.05, 3.63) is 18.0 Å². The van der Waals surface area contributed by atoms with Crippen LogP contribution in [0.5, 0.6) is 0 Å². The summed E-state index contributed by atoms with van der Waals surface area (Å²) in [5.74, 6) is 0. The molecule has 0 aliphatic heterocycles. The van der Waals surface area contributed by atoms with Crippen LogP contribution < -0.4 is 5.73 Å². The number of hydrogen-bond acceptors (Lipinski definition) is 4. The molecule has 0 aromatic carbocycles. The zero-order chi connectivity index (χ0) is 12.3. The predicted octanol–water partition coefficient (Wildman–Crippen LogP) is 2.64. The van der Waals surface area contributed by atoms with E-state index in [2.05, 4.69) is 30.7 Å². The van der Waals surface area contributed by atoms with Gasteiger partial charge >= 0.3 is 0 Å². The first-order chi connectivity index (χ1) is 7.30. The van der Waals surface area contributed by atoms with Gasteiger partial charge in [0.15, 0.2) is 5.16 Å². The summed E-state index contributed by atoms with van der Waals surface area (Å²) in [4.78, 5) is 8.62. The van der Waals surface area contributed by atoms with E-state index >= 15 is 0 Å². The molecule has 3 nitrogen and oxygen atoms in total. The Balaban J connectivity index is 2.80. The molecule has 2 atom stereocenters. The number of rotatable bonds is 3. The van der Waals surface area contributed by atoms with Gasteiger partial charge in [-0.1, -0.05) is 32.5 Å². The molecule has 1 aromatic heterocycles. The van der Waals surface area contributed by atoms with Crippen molar-refractivity contribution in [2.45, 2.75) is 51.1 Å². The fourth-order valence-corrected chi connectivity index (χ4v) is 2.65. The van der Waals surface area contributed by atoms with Crippen LogP contribution in [0.15, 0.2) is 17.6 Å². The minimum atomic E-state index is 0.120. The Bertz CT molecular complexity index is 327. The van der Waals surface area contributed by atoms with Crippen molar-refractivity contribution >= 4 is 11.8 Å². The molecule has 16 heavy (non-hydrogen) atoms. The van der Waals surface area contributed by atoms with Gasteiger partial charge in [0, 0.05) is 23.7 Å².